The molecule has 0 saturated carbocycles. The van der Waals surface area contributed by atoms with Crippen molar-refractivity contribution < 1.29 is 4.92 Å². The number of nitrogens with zero attached hydrogens (tertiary/aromatic N) is 2. The van der Waals surface area contributed by atoms with Gasteiger partial charge in [0.1, 0.15) is 0 Å². The van der Waals surface area contributed by atoms with Crippen LogP contribution >= 0.6 is 11.6 Å². The van der Waals surface area contributed by atoms with Gasteiger partial charge in [0.15, 0.2) is 0 Å². The van der Waals surface area contributed by atoms with Crippen molar-refractivity contribution in [1.82, 2.24) is 0 Å². The average Bonchev–Trinajstić information content (AvgIpc) is 2.26. The van der Waals surface area contributed by atoms with E-state index in [1.54, 1.807) is 0 Å². The smallest absolute Gasteiger partial charge is 0.280 e. The van der Waals surface area contributed by atoms with E-state index >= 15 is 0 Å². The van der Waals surface area contributed by atoms with Crippen molar-refractivity contribution in [3.8, 4) is 6.07 Å². The lowest BCUT2D eigenvalue weighted by Crippen LogP contribution is -2.03. The van der Waals surface area contributed by atoms with Crippen molar-refractivity contribution in [2.75, 3.05) is 0 Å². The SMILES string of the molecule is C/C(C#N)=C(/N)c1ccc(Cl)cc1[N+](=O)[O-]. The number of nitro benzene ring substituents is 1. The van der Waals surface area contributed by atoms with E-state index in [-0.39, 0.29) is 27.5 Å². The Kier molecular flexibility index (Phi) is 3.48. The lowest BCUT2D eigenvalue weighted by Gasteiger charge is -2.04. The molecule has 0 unspecified atom stereocenters. The largest absolute Gasteiger partial charge is 0.397 e. The number of halogens is 1. The number of allylic oxidation sites excluding steroid dienone is 1. The van der Waals surface area contributed by atoms with Crippen LogP contribution in [0.1, 0.15) is 12.5 Å². The molecule has 1 aromatic carbocycles. The second-order valence-corrected chi connectivity index (χ2v) is 3.51. The van der Waals surface area contributed by atoms with Crippen LogP contribution in [0.25, 0.3) is 5.70 Å². The Bertz CT molecular complexity index is 517. The van der Waals surface area contributed by atoms with Crippen molar-refractivity contribution in [2.24, 2.45) is 5.73 Å². The molecule has 0 amide bonds. The van der Waals surface area contributed by atoms with E-state index < -0.39 is 4.92 Å². The lowest BCUT2D eigenvalue weighted by molar-refractivity contribution is -0.385. The zero-order valence-electron chi connectivity index (χ0n) is 8.40. The molecular formula is C10H8ClN3O2. The minimum atomic E-state index is -0.585. The van der Waals surface area contributed by atoms with Crippen molar-refractivity contribution >= 4 is 23.0 Å². The molecule has 2 N–H and O–H groups in total. The van der Waals surface area contributed by atoms with Crippen LogP contribution in [0.4, 0.5) is 5.69 Å². The Morgan fingerprint density at radius 1 is 1.62 bits per heavy atom. The number of hydrogen-bond acceptors (Lipinski definition) is 4. The van der Waals surface area contributed by atoms with Gasteiger partial charge in [-0.1, -0.05) is 11.6 Å². The van der Waals surface area contributed by atoms with Crippen molar-refractivity contribution in [2.45, 2.75) is 6.92 Å². The van der Waals surface area contributed by atoms with Gasteiger partial charge in [0.25, 0.3) is 5.69 Å². The fourth-order valence-corrected chi connectivity index (χ4v) is 1.31. The summed E-state index contributed by atoms with van der Waals surface area (Å²) >= 11 is 5.65. The van der Waals surface area contributed by atoms with Gasteiger partial charge in [0.05, 0.1) is 27.8 Å². The van der Waals surface area contributed by atoms with Gasteiger partial charge >= 0.3 is 0 Å². The van der Waals surface area contributed by atoms with Gasteiger partial charge in [0, 0.05) is 11.1 Å². The Hall–Kier alpha value is -2.06. The highest BCUT2D eigenvalue weighted by Crippen LogP contribution is 2.27. The Morgan fingerprint density at radius 2 is 2.25 bits per heavy atom. The van der Waals surface area contributed by atoms with E-state index in [2.05, 4.69) is 0 Å². The minimum absolute atomic E-state index is 0.0888. The summed E-state index contributed by atoms with van der Waals surface area (Å²) in [4.78, 5) is 10.2. The molecule has 0 fully saturated rings. The van der Waals surface area contributed by atoms with Crippen LogP contribution in [-0.4, -0.2) is 4.92 Å². The maximum atomic E-state index is 10.8. The van der Waals surface area contributed by atoms with E-state index in [4.69, 9.17) is 22.6 Å². The molecular weight excluding hydrogens is 230 g/mol. The molecule has 0 heterocycles. The molecule has 0 aliphatic heterocycles. The first-order valence-corrected chi connectivity index (χ1v) is 4.66. The Labute approximate surface area is 96.9 Å². The highest BCUT2D eigenvalue weighted by molar-refractivity contribution is 6.30. The van der Waals surface area contributed by atoms with Gasteiger partial charge in [-0.2, -0.15) is 5.26 Å². The third kappa shape index (κ3) is 2.30. The minimum Gasteiger partial charge on any atom is -0.397 e. The van der Waals surface area contributed by atoms with Crippen LogP contribution in [-0.2, 0) is 0 Å². The number of benzene rings is 1. The third-order valence-electron chi connectivity index (χ3n) is 2.02. The first-order valence-electron chi connectivity index (χ1n) is 4.28. The second kappa shape index (κ2) is 4.64. The van der Waals surface area contributed by atoms with Gasteiger partial charge in [-0.3, -0.25) is 10.1 Å². The molecule has 0 bridgehead atoms. The van der Waals surface area contributed by atoms with Crippen LogP contribution in [0.15, 0.2) is 23.8 Å². The van der Waals surface area contributed by atoms with Gasteiger partial charge in [-0.05, 0) is 19.1 Å². The van der Waals surface area contributed by atoms with E-state index in [1.165, 1.54) is 25.1 Å². The maximum Gasteiger partial charge on any atom is 0.280 e. The summed E-state index contributed by atoms with van der Waals surface area (Å²) in [5, 5.41) is 19.7. The molecule has 1 rings (SSSR count). The zero-order chi connectivity index (χ0) is 12.3. The number of nitriles is 1. The molecule has 0 atom stereocenters. The predicted octanol–water partition coefficient (Wildman–Crippen LogP) is 2.46. The highest BCUT2D eigenvalue weighted by atomic mass is 35.5. The molecule has 0 aliphatic rings. The molecule has 6 heteroatoms. The molecule has 0 aromatic heterocycles. The van der Waals surface area contributed by atoms with E-state index in [9.17, 15) is 10.1 Å². The monoisotopic (exact) mass is 237 g/mol. The third-order valence-corrected chi connectivity index (χ3v) is 2.25. The lowest BCUT2D eigenvalue weighted by atomic mass is 10.1. The van der Waals surface area contributed by atoms with Gasteiger partial charge in [0.2, 0.25) is 0 Å². The first-order chi connectivity index (χ1) is 7.47. The molecule has 0 spiro atoms. The highest BCUT2D eigenvalue weighted by Gasteiger charge is 2.17. The summed E-state index contributed by atoms with van der Waals surface area (Å²) in [6.07, 6.45) is 0. The van der Waals surface area contributed by atoms with Crippen LogP contribution in [0.2, 0.25) is 5.02 Å². The van der Waals surface area contributed by atoms with Crippen LogP contribution in [0.5, 0.6) is 0 Å². The summed E-state index contributed by atoms with van der Waals surface area (Å²) in [6.45, 7) is 1.49. The number of rotatable bonds is 2. The topological polar surface area (TPSA) is 93.0 Å². The van der Waals surface area contributed by atoms with Crippen LogP contribution < -0.4 is 5.73 Å². The standard InChI is InChI=1S/C10H8ClN3O2/c1-6(5-12)10(13)8-3-2-7(11)4-9(8)14(15)16/h2-4H,13H2,1H3/b10-6-. The van der Waals surface area contributed by atoms with Crippen LogP contribution in [0.3, 0.4) is 0 Å². The Balaban J connectivity index is 3.47. The van der Waals surface area contributed by atoms with Crippen LogP contribution in [0, 0.1) is 21.4 Å². The van der Waals surface area contributed by atoms with Gasteiger partial charge < -0.3 is 5.73 Å². The summed E-state index contributed by atoms with van der Waals surface area (Å²) < 4.78 is 0. The molecule has 0 saturated heterocycles. The molecule has 16 heavy (non-hydrogen) atoms. The summed E-state index contributed by atoms with van der Waals surface area (Å²) in [6, 6.07) is 5.96. The summed E-state index contributed by atoms with van der Waals surface area (Å²) in [5.41, 5.74) is 5.96. The van der Waals surface area contributed by atoms with E-state index in [0.717, 1.165) is 0 Å². The fourth-order valence-electron chi connectivity index (χ4n) is 1.15. The van der Waals surface area contributed by atoms with Crippen molar-refractivity contribution in [3.05, 3.63) is 44.5 Å². The maximum absolute atomic E-state index is 10.8. The van der Waals surface area contributed by atoms with E-state index in [1.807, 2.05) is 6.07 Å². The molecule has 0 aliphatic carbocycles. The van der Waals surface area contributed by atoms with Crippen molar-refractivity contribution in [3.63, 3.8) is 0 Å². The molecule has 0 radical (unpaired) electrons. The van der Waals surface area contributed by atoms with Gasteiger partial charge in [-0.15, -0.1) is 0 Å². The Morgan fingerprint density at radius 3 is 2.75 bits per heavy atom. The first kappa shape index (κ1) is 12.0. The summed E-state index contributed by atoms with van der Waals surface area (Å²) in [7, 11) is 0. The number of nitrogens with two attached hydrogens (primary N) is 1. The summed E-state index contributed by atoms with van der Waals surface area (Å²) in [5.74, 6) is 0. The molecule has 1 aromatic rings. The zero-order valence-corrected chi connectivity index (χ0v) is 9.15. The predicted molar refractivity (Wildman–Crippen MR) is 60.5 cm³/mol. The quantitative estimate of drug-likeness (QED) is 0.486. The number of hydrogen-bond donors (Lipinski definition) is 1. The fraction of sp³-hybridized carbons (Fsp3) is 0.100. The van der Waals surface area contributed by atoms with E-state index in [0.29, 0.717) is 0 Å². The van der Waals surface area contributed by atoms with Crippen molar-refractivity contribution in [1.29, 1.82) is 5.26 Å². The number of nitro groups is 1. The van der Waals surface area contributed by atoms with Gasteiger partial charge in [-0.25, -0.2) is 0 Å². The molecule has 5 nitrogen and oxygen atoms in total. The normalized spacial score (nSPS) is 11.6. The second-order valence-electron chi connectivity index (χ2n) is 3.07. The average molecular weight is 238 g/mol. The molecule has 82 valence electrons.